The molecular weight excluding hydrogens is 861 g/mol. The third-order valence-electron chi connectivity index (χ3n) is 16.4. The molecule has 13 atom stereocenters. The van der Waals surface area contributed by atoms with Gasteiger partial charge in [-0.3, -0.25) is 9.59 Å². The molecule has 0 radical (unpaired) electrons. The third-order valence-corrected chi connectivity index (χ3v) is 16.4. The monoisotopic (exact) mass is 934 g/mol. The number of ketones is 1. The maximum atomic E-state index is 14.2. The minimum Gasteiger partial charge on any atom is -0.467 e. The third kappa shape index (κ3) is 9.44. The zero-order chi connectivity index (χ0) is 47.4. The SMILES string of the molecule is CCCCCCCCCCCCCCCC1OCC(COC(=O)OC2=C(C)[C@@H]3C[C@H]4OC(=O)C(OC(=O)CC5(O)CCCCC5)[C@H]5[C@@]6(C(=O)OC)OC[C@]45[C@H]([C@@H](O)[C@@H]6O)[C@@]3(C)[C@H](O)C2=O)O1. The zero-order valence-electron chi connectivity index (χ0n) is 39.3. The van der Waals surface area contributed by atoms with Crippen LogP contribution in [-0.4, -0.2) is 131 Å². The lowest BCUT2D eigenvalue weighted by atomic mass is 9.37. The van der Waals surface area contributed by atoms with Crippen LogP contribution in [0.2, 0.25) is 0 Å². The lowest BCUT2D eigenvalue weighted by molar-refractivity contribution is -0.299. The summed E-state index contributed by atoms with van der Waals surface area (Å²) in [6.07, 6.45) is 8.26. The number of esters is 3. The van der Waals surface area contributed by atoms with E-state index in [1.54, 1.807) is 6.92 Å². The number of carbonyl (C=O) groups is 5. The van der Waals surface area contributed by atoms with Crippen molar-refractivity contribution >= 4 is 29.8 Å². The van der Waals surface area contributed by atoms with Crippen LogP contribution in [0.5, 0.6) is 0 Å². The number of hydrogen-bond donors (Lipinski definition) is 4. The predicted molar refractivity (Wildman–Crippen MR) is 232 cm³/mol. The molecular formula is C49H74O17. The molecule has 66 heavy (non-hydrogen) atoms. The summed E-state index contributed by atoms with van der Waals surface area (Å²) in [5.74, 6) is -8.34. The number of carbonyl (C=O) groups excluding carboxylic acids is 5. The van der Waals surface area contributed by atoms with Crippen LogP contribution in [0.1, 0.15) is 156 Å². The Bertz CT molecular complexity index is 1790. The molecule has 3 heterocycles. The van der Waals surface area contributed by atoms with Crippen LogP contribution in [0, 0.1) is 28.6 Å². The van der Waals surface area contributed by atoms with E-state index in [-0.39, 0.29) is 25.2 Å². The fraction of sp³-hybridized carbons (Fsp3) is 0.857. The second-order valence-corrected chi connectivity index (χ2v) is 20.5. The first-order chi connectivity index (χ1) is 31.6. The van der Waals surface area contributed by atoms with E-state index in [2.05, 4.69) is 6.92 Å². The Balaban J connectivity index is 0.979. The maximum Gasteiger partial charge on any atom is 0.514 e. The molecule has 0 aromatic rings. The van der Waals surface area contributed by atoms with Crippen molar-refractivity contribution < 1.29 is 82.3 Å². The Labute approximate surface area is 387 Å². The molecule has 4 N–H and O–H groups in total. The van der Waals surface area contributed by atoms with Gasteiger partial charge in [0.1, 0.15) is 31.0 Å². The first kappa shape index (κ1) is 50.7. The number of allylic oxidation sites excluding steroid dienone is 1. The van der Waals surface area contributed by atoms with Crippen molar-refractivity contribution in [3.63, 3.8) is 0 Å². The molecule has 17 heteroatoms. The lowest BCUT2D eigenvalue weighted by Crippen LogP contribution is -2.80. The van der Waals surface area contributed by atoms with E-state index >= 15 is 0 Å². The number of unbranched alkanes of at least 4 members (excludes halogenated alkanes) is 12. The number of aliphatic hydroxyl groups excluding tert-OH is 3. The van der Waals surface area contributed by atoms with E-state index in [0.29, 0.717) is 32.1 Å². The van der Waals surface area contributed by atoms with Crippen molar-refractivity contribution in [2.45, 2.75) is 210 Å². The molecule has 3 unspecified atom stereocenters. The highest BCUT2D eigenvalue weighted by Crippen LogP contribution is 2.73. The number of Topliss-reactive ketones (excluding diaryl/α,β-unsaturated/α-hetero) is 1. The quantitative estimate of drug-likeness (QED) is 0.0638. The van der Waals surface area contributed by atoms with E-state index in [1.165, 1.54) is 71.1 Å². The number of ether oxygens (including phenoxy) is 8. The highest BCUT2D eigenvalue weighted by atomic mass is 16.8. The Hall–Kier alpha value is -3.19. The summed E-state index contributed by atoms with van der Waals surface area (Å²) in [4.78, 5) is 68.8. The summed E-state index contributed by atoms with van der Waals surface area (Å²) in [7, 11) is 1.05. The van der Waals surface area contributed by atoms with E-state index in [4.69, 9.17) is 37.9 Å². The molecule has 0 amide bonds. The number of fused-ring (bicyclic) bond motifs is 2. The zero-order valence-corrected chi connectivity index (χ0v) is 39.3. The Kier molecular flexibility index (Phi) is 16.3. The molecule has 0 aromatic heterocycles. The average Bonchev–Trinajstić information content (AvgIpc) is 3.88. The second-order valence-electron chi connectivity index (χ2n) is 20.5. The van der Waals surface area contributed by atoms with Gasteiger partial charge in [-0.15, -0.1) is 0 Å². The van der Waals surface area contributed by atoms with Gasteiger partial charge in [-0.25, -0.2) is 14.4 Å². The molecule has 372 valence electrons. The number of rotatable bonds is 21. The van der Waals surface area contributed by atoms with Crippen molar-refractivity contribution in [1.29, 1.82) is 0 Å². The van der Waals surface area contributed by atoms with Gasteiger partial charge in [0, 0.05) is 16.7 Å². The van der Waals surface area contributed by atoms with Crippen molar-refractivity contribution in [3.8, 4) is 0 Å². The van der Waals surface area contributed by atoms with Crippen LogP contribution in [-0.2, 0) is 57.1 Å². The van der Waals surface area contributed by atoms with Crippen molar-refractivity contribution in [1.82, 2.24) is 0 Å². The second kappa shape index (κ2) is 21.2. The lowest BCUT2D eigenvalue weighted by Gasteiger charge is -2.67. The van der Waals surface area contributed by atoms with Gasteiger partial charge in [0.25, 0.3) is 0 Å². The Morgan fingerprint density at radius 1 is 0.864 bits per heavy atom. The molecule has 17 nitrogen and oxygen atoms in total. The molecule has 4 aliphatic carbocycles. The van der Waals surface area contributed by atoms with Gasteiger partial charge in [-0.05, 0) is 50.5 Å². The topological polar surface area (TPSA) is 240 Å². The number of aliphatic hydroxyl groups is 4. The molecule has 3 aliphatic heterocycles. The molecule has 3 saturated carbocycles. The van der Waals surface area contributed by atoms with Crippen LogP contribution in [0.4, 0.5) is 4.79 Å². The smallest absolute Gasteiger partial charge is 0.467 e. The van der Waals surface area contributed by atoms with Gasteiger partial charge in [0.2, 0.25) is 17.5 Å². The largest absolute Gasteiger partial charge is 0.514 e. The van der Waals surface area contributed by atoms with Crippen LogP contribution >= 0.6 is 0 Å². The molecule has 7 aliphatic rings. The summed E-state index contributed by atoms with van der Waals surface area (Å²) in [6.45, 7) is 4.89. The van der Waals surface area contributed by atoms with Crippen molar-refractivity contribution in [3.05, 3.63) is 11.3 Å². The standard InChI is InChI=1S/C49H74O17/c1-5-6-7-8-9-10-11-12-13-14-15-16-18-21-34-60-26-30(63-34)27-61-45(57)66-37-29(2)31-24-32-48-28-62-49(44(56)59-4,42(54)36(52)39(48)46(31,3)41(53)35(37)51)40(48)38(43(55)64-32)65-33(50)25-47(58)22-19-17-20-23-47/h30-32,34,36,38-42,52-54,58H,5-28H2,1-4H3/t30?,31-,32+,34?,36+,38?,39+,40+,41+,42-,46-,48+,49+/m0/s1. The molecule has 1 spiro atoms. The minimum atomic E-state index is -2.43. The normalized spacial score (nSPS) is 37.7. The molecule has 0 aromatic carbocycles. The summed E-state index contributed by atoms with van der Waals surface area (Å²) in [6, 6.07) is 0. The average molecular weight is 935 g/mol. The summed E-state index contributed by atoms with van der Waals surface area (Å²) >= 11 is 0. The molecule has 7 rings (SSSR count). The first-order valence-electron chi connectivity index (χ1n) is 24.8. The van der Waals surface area contributed by atoms with Gasteiger partial charge in [-0.2, -0.15) is 0 Å². The highest BCUT2D eigenvalue weighted by Gasteiger charge is 2.86. The number of hydrogen-bond acceptors (Lipinski definition) is 17. The molecule has 6 fully saturated rings. The summed E-state index contributed by atoms with van der Waals surface area (Å²) < 4.78 is 45.8. The van der Waals surface area contributed by atoms with Gasteiger partial charge in [0.05, 0.1) is 44.4 Å². The van der Waals surface area contributed by atoms with Crippen LogP contribution < -0.4 is 0 Å². The summed E-state index contributed by atoms with van der Waals surface area (Å²) in [5, 5.41) is 47.4. The highest BCUT2D eigenvalue weighted by molar-refractivity contribution is 6.01. The predicted octanol–water partition coefficient (Wildman–Crippen LogP) is 5.42. The van der Waals surface area contributed by atoms with E-state index < -0.39 is 131 Å². The first-order valence-corrected chi connectivity index (χ1v) is 24.8. The molecule has 2 bridgehead atoms. The van der Waals surface area contributed by atoms with Crippen molar-refractivity contribution in [2.24, 2.45) is 28.6 Å². The fourth-order valence-corrected chi connectivity index (χ4v) is 13.1. The summed E-state index contributed by atoms with van der Waals surface area (Å²) in [5.41, 5.74) is -6.87. The van der Waals surface area contributed by atoms with Crippen molar-refractivity contribution in [2.75, 3.05) is 26.9 Å². The Morgan fingerprint density at radius 3 is 2.14 bits per heavy atom. The van der Waals surface area contributed by atoms with E-state index in [1.807, 2.05) is 0 Å². The molecule has 3 saturated heterocycles. The fourth-order valence-electron chi connectivity index (χ4n) is 13.1. The Morgan fingerprint density at radius 2 is 1.50 bits per heavy atom. The maximum absolute atomic E-state index is 14.2. The van der Waals surface area contributed by atoms with Gasteiger partial charge in [-0.1, -0.05) is 110 Å². The van der Waals surface area contributed by atoms with Gasteiger partial charge >= 0.3 is 24.1 Å². The van der Waals surface area contributed by atoms with E-state index in [0.717, 1.165) is 32.8 Å². The number of methoxy groups -OCH3 is 1. The van der Waals surface area contributed by atoms with Gasteiger partial charge in [0.15, 0.2) is 12.0 Å². The van der Waals surface area contributed by atoms with Crippen LogP contribution in [0.15, 0.2) is 11.3 Å². The minimum absolute atomic E-state index is 0.106. The van der Waals surface area contributed by atoms with E-state index in [9.17, 15) is 44.4 Å². The van der Waals surface area contributed by atoms with Crippen LogP contribution in [0.25, 0.3) is 0 Å². The van der Waals surface area contributed by atoms with Gasteiger partial charge < -0.3 is 58.3 Å². The van der Waals surface area contributed by atoms with Crippen LogP contribution in [0.3, 0.4) is 0 Å².